The molecule has 1 aliphatic heterocycles. The van der Waals surface area contributed by atoms with E-state index >= 15 is 0 Å². The Morgan fingerprint density at radius 2 is 1.43 bits per heavy atom. The second kappa shape index (κ2) is 19.5. The van der Waals surface area contributed by atoms with Crippen molar-refractivity contribution in [2.75, 3.05) is 60.2 Å². The van der Waals surface area contributed by atoms with Crippen LogP contribution in [0.5, 0.6) is 11.5 Å². The predicted octanol–water partition coefficient (Wildman–Crippen LogP) is 3.48. The summed E-state index contributed by atoms with van der Waals surface area (Å²) in [5.74, 6) is 0.562. The number of methoxy groups -OCH3 is 2. The maximum Gasteiger partial charge on any atom is 0.254 e. The van der Waals surface area contributed by atoms with E-state index in [-0.39, 0.29) is 48.8 Å². The van der Waals surface area contributed by atoms with Gasteiger partial charge in [0.1, 0.15) is 0 Å². The van der Waals surface area contributed by atoms with Crippen LogP contribution in [0.3, 0.4) is 0 Å². The highest BCUT2D eigenvalue weighted by Crippen LogP contribution is 2.29. The molecule has 0 radical (unpaired) electrons. The number of nitrogens with zero attached hydrogens (tertiary/aromatic N) is 2. The Bertz CT molecular complexity index is 1410. The van der Waals surface area contributed by atoms with Gasteiger partial charge >= 0.3 is 0 Å². The van der Waals surface area contributed by atoms with Crippen LogP contribution >= 0.6 is 0 Å². The molecule has 3 aromatic rings. The average Bonchev–Trinajstić information content (AvgIpc) is 3.59. The van der Waals surface area contributed by atoms with E-state index < -0.39 is 0 Å². The van der Waals surface area contributed by atoms with Crippen LogP contribution in [0.15, 0.2) is 78.9 Å². The van der Waals surface area contributed by atoms with Gasteiger partial charge in [0.25, 0.3) is 5.91 Å². The summed E-state index contributed by atoms with van der Waals surface area (Å²) in [5, 5.41) is 9.47. The van der Waals surface area contributed by atoms with E-state index in [4.69, 9.17) is 14.2 Å². The molecule has 3 amide bonds. The monoisotopic (exact) mass is 673 g/mol. The van der Waals surface area contributed by atoms with Crippen molar-refractivity contribution in [2.24, 2.45) is 5.92 Å². The summed E-state index contributed by atoms with van der Waals surface area (Å²) in [6.45, 7) is 7.55. The molecule has 1 fully saturated rings. The second-order valence-electron chi connectivity index (χ2n) is 12.5. The van der Waals surface area contributed by atoms with Crippen LogP contribution in [-0.4, -0.2) is 99.8 Å². The number of nitrogens with one attached hydrogen (secondary N) is 3. The molecule has 3 aromatic carbocycles. The minimum absolute atomic E-state index is 0.0294. The lowest BCUT2D eigenvalue weighted by molar-refractivity contribution is -0.126. The maximum atomic E-state index is 14.0. The van der Waals surface area contributed by atoms with Crippen molar-refractivity contribution in [2.45, 2.75) is 45.4 Å². The normalized spacial score (nSPS) is 15.6. The molecule has 2 unspecified atom stereocenters. The fraction of sp³-hybridized carbons (Fsp3) is 0.447. The van der Waals surface area contributed by atoms with Crippen molar-refractivity contribution >= 4 is 17.7 Å². The van der Waals surface area contributed by atoms with Crippen molar-refractivity contribution in [3.63, 3.8) is 0 Å². The van der Waals surface area contributed by atoms with Crippen molar-refractivity contribution in [3.05, 3.63) is 95.6 Å². The average molecular weight is 674 g/mol. The minimum Gasteiger partial charge on any atom is -0.493 e. The summed E-state index contributed by atoms with van der Waals surface area (Å²) in [7, 11) is 3.22. The number of hydrogen-bond donors (Lipinski definition) is 3. The molecule has 1 heterocycles. The summed E-state index contributed by atoms with van der Waals surface area (Å²) >= 11 is 0. The quantitative estimate of drug-likeness (QED) is 0.166. The van der Waals surface area contributed by atoms with Gasteiger partial charge in [-0.3, -0.25) is 19.3 Å². The van der Waals surface area contributed by atoms with Gasteiger partial charge in [0.05, 0.1) is 26.8 Å². The molecule has 0 saturated carbocycles. The molecule has 1 aliphatic rings. The van der Waals surface area contributed by atoms with Crippen LogP contribution in [0.4, 0.5) is 0 Å². The van der Waals surface area contributed by atoms with Crippen molar-refractivity contribution in [1.82, 2.24) is 25.8 Å². The molecule has 2 atom stereocenters. The first-order valence-corrected chi connectivity index (χ1v) is 17.0. The largest absolute Gasteiger partial charge is 0.493 e. The zero-order valence-electron chi connectivity index (χ0n) is 29.2. The Labute approximate surface area is 290 Å². The summed E-state index contributed by atoms with van der Waals surface area (Å²) in [6, 6.07) is 24.4. The second-order valence-corrected chi connectivity index (χ2v) is 12.5. The summed E-state index contributed by atoms with van der Waals surface area (Å²) in [5.41, 5.74) is 2.49. The van der Waals surface area contributed by atoms with E-state index in [9.17, 15) is 14.4 Å². The topological polar surface area (TPSA) is 121 Å². The lowest BCUT2D eigenvalue weighted by atomic mass is 9.99. The van der Waals surface area contributed by atoms with Gasteiger partial charge in [-0.25, -0.2) is 0 Å². The molecule has 0 bridgehead atoms. The zero-order chi connectivity index (χ0) is 35.0. The van der Waals surface area contributed by atoms with Gasteiger partial charge in [-0.2, -0.15) is 0 Å². The molecule has 11 nitrogen and oxygen atoms in total. The van der Waals surface area contributed by atoms with Crippen LogP contribution in [0.2, 0.25) is 0 Å². The lowest BCUT2D eigenvalue weighted by Crippen LogP contribution is -2.52. The first-order chi connectivity index (χ1) is 23.8. The molecule has 3 N–H and O–H groups in total. The molecule has 4 rings (SSSR count). The van der Waals surface area contributed by atoms with Crippen molar-refractivity contribution < 1.29 is 28.6 Å². The molecule has 1 saturated heterocycles. The van der Waals surface area contributed by atoms with E-state index in [0.29, 0.717) is 69.4 Å². The molecule has 0 aromatic heterocycles. The fourth-order valence-electron chi connectivity index (χ4n) is 5.95. The SMILES string of the molecule is COCCCOc1cc(C(=O)N(CC2CNCC2N(CC(=O)NCc2ccccc2)CC(=O)NCc2ccccc2)C(C)C)ccc1OC. The molecule has 0 aliphatic carbocycles. The highest BCUT2D eigenvalue weighted by Gasteiger charge is 2.36. The van der Waals surface area contributed by atoms with Gasteiger partial charge < -0.3 is 35.1 Å². The maximum absolute atomic E-state index is 14.0. The van der Waals surface area contributed by atoms with Gasteiger partial charge in [0, 0.05) is 76.4 Å². The summed E-state index contributed by atoms with van der Waals surface area (Å²) < 4.78 is 16.5. The van der Waals surface area contributed by atoms with Gasteiger partial charge in [-0.05, 0) is 43.2 Å². The Hall–Kier alpha value is -4.45. The smallest absolute Gasteiger partial charge is 0.254 e. The van der Waals surface area contributed by atoms with Gasteiger partial charge in [-0.15, -0.1) is 0 Å². The molecular weight excluding hydrogens is 622 g/mol. The molecule has 49 heavy (non-hydrogen) atoms. The van der Waals surface area contributed by atoms with Crippen molar-refractivity contribution in [3.8, 4) is 11.5 Å². The number of benzene rings is 3. The third kappa shape index (κ3) is 11.6. The number of carbonyl (C=O) groups is 3. The Morgan fingerprint density at radius 1 is 0.816 bits per heavy atom. The van der Waals surface area contributed by atoms with E-state index in [2.05, 4.69) is 16.0 Å². The molecular formula is C38H51N5O6. The number of ether oxygens (including phenoxy) is 3. The van der Waals surface area contributed by atoms with Gasteiger partial charge in [-0.1, -0.05) is 60.7 Å². The first kappa shape index (κ1) is 37.4. The summed E-state index contributed by atoms with van der Waals surface area (Å²) in [4.78, 5) is 44.4. The number of hydrogen-bond acceptors (Lipinski definition) is 8. The first-order valence-electron chi connectivity index (χ1n) is 17.0. The van der Waals surface area contributed by atoms with E-state index in [1.165, 1.54) is 0 Å². The van der Waals surface area contributed by atoms with Crippen LogP contribution in [0, 0.1) is 5.92 Å². The van der Waals surface area contributed by atoms with Gasteiger partial charge in [0.2, 0.25) is 11.8 Å². The van der Waals surface area contributed by atoms with Crippen LogP contribution < -0.4 is 25.4 Å². The van der Waals surface area contributed by atoms with Gasteiger partial charge in [0.15, 0.2) is 11.5 Å². The number of carbonyl (C=O) groups excluding carboxylic acids is 3. The molecule has 264 valence electrons. The zero-order valence-corrected chi connectivity index (χ0v) is 29.2. The van der Waals surface area contributed by atoms with E-state index in [1.54, 1.807) is 32.4 Å². The van der Waals surface area contributed by atoms with Crippen LogP contribution in [0.1, 0.15) is 41.8 Å². The predicted molar refractivity (Wildman–Crippen MR) is 189 cm³/mol. The molecule has 0 spiro atoms. The fourth-order valence-corrected chi connectivity index (χ4v) is 5.95. The van der Waals surface area contributed by atoms with E-state index in [1.807, 2.05) is 84.3 Å². The highest BCUT2D eigenvalue weighted by atomic mass is 16.5. The minimum atomic E-state index is -0.168. The molecule has 11 heteroatoms. The third-order valence-electron chi connectivity index (χ3n) is 8.61. The Kier molecular flexibility index (Phi) is 14.9. The Morgan fingerprint density at radius 3 is 1.98 bits per heavy atom. The highest BCUT2D eigenvalue weighted by molar-refractivity contribution is 5.95. The number of amides is 3. The van der Waals surface area contributed by atoms with Crippen LogP contribution in [-0.2, 0) is 27.4 Å². The third-order valence-corrected chi connectivity index (χ3v) is 8.61. The Balaban J connectivity index is 1.48. The van der Waals surface area contributed by atoms with E-state index in [0.717, 1.165) is 11.1 Å². The lowest BCUT2D eigenvalue weighted by Gasteiger charge is -2.36. The standard InChI is InChI=1S/C38H51N5O6/c1-28(2)43(38(46)31-16-17-34(48-4)35(20-31)49-19-11-18-47-3)25-32-23-39-24-33(32)42(26-36(44)40-21-29-12-7-5-8-13-29)27-37(45)41-22-30-14-9-6-10-15-30/h5-10,12-17,20,28,32-33,39H,11,18-19,21-27H2,1-4H3,(H,40,44)(H,41,45). The summed E-state index contributed by atoms with van der Waals surface area (Å²) in [6.07, 6.45) is 0.705. The van der Waals surface area contributed by atoms with Crippen molar-refractivity contribution in [1.29, 1.82) is 0 Å². The number of rotatable bonds is 19. The van der Waals surface area contributed by atoms with Crippen LogP contribution in [0.25, 0.3) is 0 Å².